The zero-order valence-corrected chi connectivity index (χ0v) is 15.8. The average molecular weight is 359 g/mol. The Labute approximate surface area is 154 Å². The first kappa shape index (κ1) is 19.2. The Kier molecular flexibility index (Phi) is 7.67. The second-order valence-electron chi connectivity index (χ2n) is 5.72. The van der Waals surface area contributed by atoms with Crippen LogP contribution in [0, 0.1) is 0 Å². The zero-order valence-electron chi connectivity index (χ0n) is 15.0. The van der Waals surface area contributed by atoms with Crippen LogP contribution in [-0.2, 0) is 11.3 Å². The van der Waals surface area contributed by atoms with E-state index in [9.17, 15) is 4.79 Å². The molecule has 2 aromatic rings. The van der Waals surface area contributed by atoms with E-state index in [4.69, 9.17) is 9.47 Å². The summed E-state index contributed by atoms with van der Waals surface area (Å²) in [4.78, 5) is 14.2. The van der Waals surface area contributed by atoms with E-state index < -0.39 is 0 Å². The molecular formula is C20H25NO3S. The lowest BCUT2D eigenvalue weighted by atomic mass is 10.2. The summed E-state index contributed by atoms with van der Waals surface area (Å²) in [6.45, 7) is 3.14. The summed E-state index contributed by atoms with van der Waals surface area (Å²) < 4.78 is 10.8. The molecule has 0 aliphatic carbocycles. The normalized spacial score (nSPS) is 11.6. The fourth-order valence-corrected chi connectivity index (χ4v) is 3.23. The van der Waals surface area contributed by atoms with Gasteiger partial charge in [0, 0.05) is 19.3 Å². The number of amides is 1. The third-order valence-electron chi connectivity index (χ3n) is 3.77. The van der Waals surface area contributed by atoms with Gasteiger partial charge in [-0.25, -0.2) is 0 Å². The second kappa shape index (κ2) is 9.99. The Hall–Kier alpha value is -2.14. The van der Waals surface area contributed by atoms with Crippen molar-refractivity contribution >= 4 is 17.7 Å². The van der Waals surface area contributed by atoms with Crippen molar-refractivity contribution in [3.8, 4) is 11.5 Å². The number of benzene rings is 2. The van der Waals surface area contributed by atoms with Gasteiger partial charge in [0.25, 0.3) is 0 Å². The van der Waals surface area contributed by atoms with Crippen LogP contribution < -0.4 is 9.47 Å². The zero-order chi connectivity index (χ0) is 18.1. The monoisotopic (exact) mass is 359 g/mol. The summed E-state index contributed by atoms with van der Waals surface area (Å²) >= 11 is 1.61. The van der Waals surface area contributed by atoms with Gasteiger partial charge in [-0.3, -0.25) is 4.79 Å². The Morgan fingerprint density at radius 2 is 1.72 bits per heavy atom. The van der Waals surface area contributed by atoms with Gasteiger partial charge < -0.3 is 14.4 Å². The molecule has 0 aromatic heterocycles. The van der Waals surface area contributed by atoms with Gasteiger partial charge >= 0.3 is 0 Å². The summed E-state index contributed by atoms with van der Waals surface area (Å²) in [5.74, 6) is 2.51. The van der Waals surface area contributed by atoms with Crippen molar-refractivity contribution in [1.82, 2.24) is 4.90 Å². The predicted molar refractivity (Wildman–Crippen MR) is 103 cm³/mol. The maximum atomic E-state index is 12.4. The number of hydrogen-bond acceptors (Lipinski definition) is 4. The number of thioether (sulfide) groups is 1. The summed E-state index contributed by atoms with van der Waals surface area (Å²) in [5, 5.41) is -0.0896. The SMILES string of the molecule is COc1ccc(OCCSC(C)C(=O)N(C)Cc2ccccc2)cc1. The van der Waals surface area contributed by atoms with E-state index in [-0.39, 0.29) is 11.2 Å². The molecule has 0 fully saturated rings. The highest BCUT2D eigenvalue weighted by Gasteiger charge is 2.17. The Morgan fingerprint density at radius 3 is 2.36 bits per heavy atom. The van der Waals surface area contributed by atoms with Crippen molar-refractivity contribution in [2.24, 2.45) is 0 Å². The smallest absolute Gasteiger partial charge is 0.235 e. The van der Waals surface area contributed by atoms with E-state index in [0.717, 1.165) is 22.8 Å². The van der Waals surface area contributed by atoms with Crippen LogP contribution >= 0.6 is 11.8 Å². The van der Waals surface area contributed by atoms with E-state index in [0.29, 0.717) is 13.2 Å². The molecule has 1 amide bonds. The Balaban J connectivity index is 1.69. The van der Waals surface area contributed by atoms with Crippen molar-refractivity contribution in [2.75, 3.05) is 26.5 Å². The maximum Gasteiger partial charge on any atom is 0.235 e. The molecule has 0 heterocycles. The molecular weight excluding hydrogens is 334 g/mol. The van der Waals surface area contributed by atoms with Crippen LogP contribution in [0.4, 0.5) is 0 Å². The molecule has 0 saturated carbocycles. The van der Waals surface area contributed by atoms with Crippen molar-refractivity contribution in [1.29, 1.82) is 0 Å². The van der Waals surface area contributed by atoms with Crippen molar-refractivity contribution in [3.05, 3.63) is 60.2 Å². The van der Waals surface area contributed by atoms with Gasteiger partial charge in [-0.05, 0) is 36.8 Å². The molecule has 0 aliphatic heterocycles. The molecule has 0 spiro atoms. The summed E-state index contributed by atoms with van der Waals surface area (Å²) in [7, 11) is 3.49. The van der Waals surface area contributed by atoms with Crippen LogP contribution in [0.5, 0.6) is 11.5 Å². The topological polar surface area (TPSA) is 38.8 Å². The van der Waals surface area contributed by atoms with E-state index in [1.165, 1.54) is 0 Å². The van der Waals surface area contributed by atoms with Gasteiger partial charge in [0.15, 0.2) is 0 Å². The fourth-order valence-electron chi connectivity index (χ4n) is 2.37. The maximum absolute atomic E-state index is 12.4. The Morgan fingerprint density at radius 1 is 1.08 bits per heavy atom. The molecule has 1 unspecified atom stereocenters. The average Bonchev–Trinajstić information content (AvgIpc) is 2.65. The predicted octanol–water partition coefficient (Wildman–Crippen LogP) is 3.85. The number of carbonyl (C=O) groups excluding carboxylic acids is 1. The Bertz CT molecular complexity index is 646. The fraction of sp³-hybridized carbons (Fsp3) is 0.350. The molecule has 1 atom stereocenters. The number of methoxy groups -OCH3 is 1. The third kappa shape index (κ3) is 6.35. The minimum absolute atomic E-state index is 0.0896. The lowest BCUT2D eigenvalue weighted by Gasteiger charge is -2.21. The summed E-state index contributed by atoms with van der Waals surface area (Å²) in [6.07, 6.45) is 0. The molecule has 134 valence electrons. The molecule has 0 N–H and O–H groups in total. The first-order valence-electron chi connectivity index (χ1n) is 8.27. The largest absolute Gasteiger partial charge is 0.497 e. The standard InChI is InChI=1S/C20H25NO3S/c1-16(20(22)21(2)15-17-7-5-4-6-8-17)25-14-13-24-19-11-9-18(23-3)10-12-19/h4-12,16H,13-15H2,1-3H3. The van der Waals surface area contributed by atoms with Crippen LogP contribution in [0.3, 0.4) is 0 Å². The van der Waals surface area contributed by atoms with Crippen LogP contribution in [0.1, 0.15) is 12.5 Å². The minimum Gasteiger partial charge on any atom is -0.497 e. The van der Waals surface area contributed by atoms with Crippen LogP contribution in [-0.4, -0.2) is 42.6 Å². The quantitative estimate of drug-likeness (QED) is 0.638. The number of rotatable bonds is 9. The van der Waals surface area contributed by atoms with Gasteiger partial charge in [0.05, 0.1) is 19.0 Å². The van der Waals surface area contributed by atoms with Crippen molar-refractivity contribution in [3.63, 3.8) is 0 Å². The molecule has 2 rings (SSSR count). The summed E-state index contributed by atoms with van der Waals surface area (Å²) in [6, 6.07) is 17.5. The first-order chi connectivity index (χ1) is 12.1. The van der Waals surface area contributed by atoms with Gasteiger partial charge in [-0.1, -0.05) is 30.3 Å². The lowest BCUT2D eigenvalue weighted by Crippen LogP contribution is -2.33. The number of carbonyl (C=O) groups is 1. The molecule has 0 aliphatic rings. The van der Waals surface area contributed by atoms with E-state index in [1.54, 1.807) is 23.8 Å². The number of ether oxygens (including phenoxy) is 2. The van der Waals surface area contributed by atoms with Crippen molar-refractivity contribution < 1.29 is 14.3 Å². The third-order valence-corrected chi connectivity index (χ3v) is 4.87. The highest BCUT2D eigenvalue weighted by Crippen LogP contribution is 2.18. The highest BCUT2D eigenvalue weighted by molar-refractivity contribution is 8.00. The van der Waals surface area contributed by atoms with Gasteiger partial charge in [0.2, 0.25) is 5.91 Å². The van der Waals surface area contributed by atoms with Gasteiger partial charge in [-0.2, -0.15) is 0 Å². The van der Waals surface area contributed by atoms with Gasteiger partial charge in [-0.15, -0.1) is 11.8 Å². The molecule has 0 radical (unpaired) electrons. The van der Waals surface area contributed by atoms with Crippen LogP contribution in [0.25, 0.3) is 0 Å². The molecule has 2 aromatic carbocycles. The van der Waals surface area contributed by atoms with Crippen LogP contribution in [0.15, 0.2) is 54.6 Å². The van der Waals surface area contributed by atoms with Crippen molar-refractivity contribution in [2.45, 2.75) is 18.7 Å². The molecule has 0 saturated heterocycles. The molecule has 25 heavy (non-hydrogen) atoms. The number of hydrogen-bond donors (Lipinski definition) is 0. The van der Waals surface area contributed by atoms with E-state index in [1.807, 2.05) is 68.6 Å². The van der Waals surface area contributed by atoms with E-state index >= 15 is 0 Å². The minimum atomic E-state index is -0.0896. The summed E-state index contributed by atoms with van der Waals surface area (Å²) in [5.41, 5.74) is 1.14. The first-order valence-corrected chi connectivity index (χ1v) is 9.32. The van der Waals surface area contributed by atoms with Crippen LogP contribution in [0.2, 0.25) is 0 Å². The molecule has 0 bridgehead atoms. The lowest BCUT2D eigenvalue weighted by molar-refractivity contribution is -0.129. The second-order valence-corrected chi connectivity index (χ2v) is 7.17. The molecule has 5 heteroatoms. The molecule has 4 nitrogen and oxygen atoms in total. The number of nitrogens with zero attached hydrogens (tertiary/aromatic N) is 1. The van der Waals surface area contributed by atoms with E-state index in [2.05, 4.69) is 0 Å². The highest BCUT2D eigenvalue weighted by atomic mass is 32.2. The van der Waals surface area contributed by atoms with Gasteiger partial charge in [0.1, 0.15) is 11.5 Å².